The van der Waals surface area contributed by atoms with Crippen molar-refractivity contribution >= 4 is 23.4 Å². The monoisotopic (exact) mass is 807 g/mol. The van der Waals surface area contributed by atoms with Crippen LogP contribution in [-0.2, 0) is 42.9 Å². The van der Waals surface area contributed by atoms with Crippen LogP contribution in [0.2, 0.25) is 0 Å². The number of ketones is 2. The van der Waals surface area contributed by atoms with Crippen LogP contribution in [0.5, 0.6) is 0 Å². The maximum absolute atomic E-state index is 14.3. The Balaban J connectivity index is 1.77. The van der Waals surface area contributed by atoms with Crippen LogP contribution in [0.1, 0.15) is 106 Å². The Morgan fingerprint density at radius 2 is 1.56 bits per heavy atom. The lowest BCUT2D eigenvalue weighted by atomic mass is 9.80. The van der Waals surface area contributed by atoms with Gasteiger partial charge in [-0.05, 0) is 89.0 Å². The molecule has 0 aromatic carbocycles. The second kappa shape index (κ2) is 20.6. The van der Waals surface area contributed by atoms with Gasteiger partial charge in [-0.3, -0.25) is 14.4 Å². The molecule has 4 aliphatic rings. The minimum absolute atomic E-state index is 0.0184. The van der Waals surface area contributed by atoms with Crippen molar-refractivity contribution in [2.45, 2.75) is 166 Å². The topological polar surface area (TPSA) is 199 Å². The molecule has 2 saturated heterocycles. The van der Waals surface area contributed by atoms with Gasteiger partial charge >= 0.3 is 5.97 Å². The van der Waals surface area contributed by atoms with Gasteiger partial charge in [0.05, 0.1) is 30.5 Å². The van der Waals surface area contributed by atoms with Gasteiger partial charge in [-0.1, -0.05) is 45.4 Å². The number of fused-ring (bicyclic) bond motifs is 3. The van der Waals surface area contributed by atoms with E-state index in [1.807, 2.05) is 32.9 Å². The van der Waals surface area contributed by atoms with Gasteiger partial charge in [0.15, 0.2) is 0 Å². The molecule has 1 aliphatic carbocycles. The lowest BCUT2D eigenvalue weighted by molar-refractivity contribution is -0.302. The van der Waals surface area contributed by atoms with Crippen LogP contribution >= 0.6 is 0 Å². The molecule has 14 nitrogen and oxygen atoms in total. The molecule has 1 amide bonds. The van der Waals surface area contributed by atoms with E-state index in [9.17, 15) is 39.6 Å². The largest absolute Gasteiger partial charge is 0.456 e. The molecule has 0 aromatic rings. The molecule has 15 atom stereocenters. The number of ether oxygens (including phenoxy) is 5. The number of amides is 1. The first-order chi connectivity index (χ1) is 26.9. The number of methoxy groups -OCH3 is 3. The fourth-order valence-corrected chi connectivity index (χ4v) is 9.45. The highest BCUT2D eigenvalue weighted by Gasteiger charge is 2.56. The number of allylic oxidation sites excluding steroid dienone is 3. The number of cyclic esters (lactones) is 1. The third-order valence-electron chi connectivity index (χ3n) is 12.9. The Kier molecular flexibility index (Phi) is 17.0. The third-order valence-corrected chi connectivity index (χ3v) is 12.9. The summed E-state index contributed by atoms with van der Waals surface area (Å²) in [4.78, 5) is 57.7. The van der Waals surface area contributed by atoms with E-state index in [0.717, 1.165) is 10.5 Å². The summed E-state index contributed by atoms with van der Waals surface area (Å²) in [5, 5.41) is 44.7. The van der Waals surface area contributed by atoms with Gasteiger partial charge in [-0.2, -0.15) is 0 Å². The van der Waals surface area contributed by atoms with Crippen molar-refractivity contribution in [3.05, 3.63) is 23.3 Å². The van der Waals surface area contributed by atoms with E-state index >= 15 is 0 Å². The van der Waals surface area contributed by atoms with Crippen LogP contribution in [0.25, 0.3) is 0 Å². The smallest absolute Gasteiger partial charge is 0.329 e. The number of hydrogen-bond donors (Lipinski definition) is 4. The Bertz CT molecular complexity index is 1470. The zero-order valence-electron chi connectivity index (χ0n) is 35.4. The Morgan fingerprint density at radius 3 is 2.19 bits per heavy atom. The quantitative estimate of drug-likeness (QED) is 0.173. The Hall–Kier alpha value is -2.56. The molecule has 2 bridgehead atoms. The molecule has 4 rings (SSSR count). The van der Waals surface area contributed by atoms with Crippen molar-refractivity contribution in [2.24, 2.45) is 29.6 Å². The number of piperidine rings is 1. The molecule has 0 unspecified atom stereocenters. The maximum Gasteiger partial charge on any atom is 0.329 e. The minimum Gasteiger partial charge on any atom is -0.456 e. The van der Waals surface area contributed by atoms with Gasteiger partial charge in [0.25, 0.3) is 11.7 Å². The van der Waals surface area contributed by atoms with Crippen LogP contribution in [0.15, 0.2) is 23.3 Å². The number of carbonyl (C=O) groups is 4. The second-order valence-electron chi connectivity index (χ2n) is 17.3. The standard InChI is InChI=1S/C43H69NO13/c1-10-29-16-23(2)15-24(3)17-35(54-8)39-36(55-9)19-26(5)43(52,57-39)40(49)41(50)44-14-12-11-13-30(44)42(51)56-38(27(6)31(45)22-32(29)46)25(4)18-28-20-33(47)37(48)34(21-28)53-7/h16,18,24,26-31,33-39,45,47-48,52H,10-15,17,19-22H2,1-9H3/b23-16+,25-18+/t24-,26+,27+,28+,29+,30-,31-,33+,34+,35-,36-,37+,38+,39+,43+/m0/s1. The molecule has 0 spiro atoms. The first-order valence-corrected chi connectivity index (χ1v) is 20.9. The number of Topliss-reactive ketones (excluding diaryl/α,β-unsaturated/α-hetero) is 2. The van der Waals surface area contributed by atoms with Crippen molar-refractivity contribution in [1.82, 2.24) is 4.90 Å². The summed E-state index contributed by atoms with van der Waals surface area (Å²) >= 11 is 0. The average molecular weight is 808 g/mol. The summed E-state index contributed by atoms with van der Waals surface area (Å²) in [5.74, 6) is -8.07. The normalized spacial score (nSPS) is 42.4. The van der Waals surface area contributed by atoms with Gasteiger partial charge in [-0.15, -0.1) is 0 Å². The summed E-state index contributed by atoms with van der Waals surface area (Å²) in [6.45, 7) is 11.0. The third kappa shape index (κ3) is 11.0. The number of carbonyl (C=O) groups excluding carboxylic acids is 4. The first kappa shape index (κ1) is 47.1. The highest BCUT2D eigenvalue weighted by molar-refractivity contribution is 6.39. The Labute approximate surface area is 338 Å². The predicted octanol–water partition coefficient (Wildman–Crippen LogP) is 3.44. The van der Waals surface area contributed by atoms with Crippen molar-refractivity contribution < 1.29 is 63.3 Å². The molecule has 3 heterocycles. The molecule has 0 aromatic heterocycles. The summed E-state index contributed by atoms with van der Waals surface area (Å²) in [6.07, 6.45) is 0.183. The number of rotatable bonds is 6. The molecule has 324 valence electrons. The molecule has 0 radical (unpaired) electrons. The molecular weight excluding hydrogens is 738 g/mol. The number of aliphatic hydroxyl groups excluding tert-OH is 3. The van der Waals surface area contributed by atoms with E-state index in [1.54, 1.807) is 20.8 Å². The van der Waals surface area contributed by atoms with Gasteiger partial charge in [0.2, 0.25) is 5.79 Å². The van der Waals surface area contributed by atoms with E-state index in [2.05, 4.69) is 0 Å². The molecule has 3 fully saturated rings. The Morgan fingerprint density at radius 1 is 0.912 bits per heavy atom. The highest BCUT2D eigenvalue weighted by atomic mass is 16.7. The fraction of sp³-hybridized carbons (Fsp3) is 0.814. The predicted molar refractivity (Wildman–Crippen MR) is 209 cm³/mol. The van der Waals surface area contributed by atoms with E-state index in [1.165, 1.54) is 21.3 Å². The lowest BCUT2D eigenvalue weighted by Gasteiger charge is -2.47. The fourth-order valence-electron chi connectivity index (χ4n) is 9.45. The summed E-state index contributed by atoms with van der Waals surface area (Å²) < 4.78 is 29.6. The summed E-state index contributed by atoms with van der Waals surface area (Å²) in [5.41, 5.74) is 1.53. The van der Waals surface area contributed by atoms with Crippen LogP contribution < -0.4 is 0 Å². The zero-order valence-corrected chi connectivity index (χ0v) is 35.4. The van der Waals surface area contributed by atoms with Crippen LogP contribution in [0.4, 0.5) is 0 Å². The number of esters is 1. The van der Waals surface area contributed by atoms with E-state index in [4.69, 9.17) is 23.7 Å². The van der Waals surface area contributed by atoms with Crippen LogP contribution in [0, 0.1) is 29.6 Å². The van der Waals surface area contributed by atoms with Crippen molar-refractivity contribution in [3.63, 3.8) is 0 Å². The first-order valence-electron chi connectivity index (χ1n) is 20.9. The van der Waals surface area contributed by atoms with Gasteiger partial charge in [-0.25, -0.2) is 4.79 Å². The van der Waals surface area contributed by atoms with E-state index in [-0.39, 0.29) is 49.8 Å². The molecule has 4 N–H and O–H groups in total. The summed E-state index contributed by atoms with van der Waals surface area (Å²) in [6, 6.07) is -1.18. The van der Waals surface area contributed by atoms with E-state index in [0.29, 0.717) is 44.1 Å². The zero-order chi connectivity index (χ0) is 42.4. The van der Waals surface area contributed by atoms with Gasteiger partial charge < -0.3 is 49.0 Å². The summed E-state index contributed by atoms with van der Waals surface area (Å²) in [7, 11) is 4.50. The average Bonchev–Trinajstić information content (AvgIpc) is 3.18. The van der Waals surface area contributed by atoms with Crippen LogP contribution in [0.3, 0.4) is 0 Å². The molecule has 1 saturated carbocycles. The van der Waals surface area contributed by atoms with Gasteiger partial charge in [0.1, 0.15) is 30.1 Å². The lowest BCUT2D eigenvalue weighted by Crippen LogP contribution is -2.64. The van der Waals surface area contributed by atoms with Gasteiger partial charge in [0, 0.05) is 52.0 Å². The van der Waals surface area contributed by atoms with Crippen molar-refractivity contribution in [3.8, 4) is 0 Å². The second-order valence-corrected chi connectivity index (χ2v) is 17.3. The number of nitrogens with zero attached hydrogens (tertiary/aromatic N) is 1. The number of hydrogen-bond acceptors (Lipinski definition) is 13. The maximum atomic E-state index is 14.3. The molecule has 57 heavy (non-hydrogen) atoms. The van der Waals surface area contributed by atoms with E-state index < -0.39 is 96.1 Å². The van der Waals surface area contributed by atoms with Crippen molar-refractivity contribution in [2.75, 3.05) is 27.9 Å². The van der Waals surface area contributed by atoms with Crippen LogP contribution in [-0.4, -0.2) is 137 Å². The SMILES string of the molecule is CC[C@@H]1/C=C(\C)C[C@H](C)C[C@H](OC)[C@H]2O[C@@](O)(C(=O)C(=O)N3CCCC[C@H]3C(=O)O[C@H](/C(C)=C/[C@@H]3C[C@@H](O)[C@@H](O)[C@H](OC)C3)[C@H](C)[C@@H](O)CC1=O)[C@H](C)C[C@@H]2OC. The highest BCUT2D eigenvalue weighted by Crippen LogP contribution is 2.39. The molecule has 14 heteroatoms. The molecule has 3 aliphatic heterocycles. The minimum atomic E-state index is -2.52. The molecular formula is C43H69NO13. The number of aliphatic hydroxyl groups is 4. The van der Waals surface area contributed by atoms with Crippen molar-refractivity contribution in [1.29, 1.82) is 0 Å².